The van der Waals surface area contributed by atoms with Gasteiger partial charge in [-0.15, -0.1) is 0 Å². The van der Waals surface area contributed by atoms with Gasteiger partial charge in [0.2, 0.25) is 0 Å². The van der Waals surface area contributed by atoms with E-state index in [-0.39, 0.29) is 5.82 Å². The fourth-order valence-corrected chi connectivity index (χ4v) is 4.00. The number of rotatable bonds is 3. The van der Waals surface area contributed by atoms with Crippen LogP contribution >= 0.6 is 11.6 Å². The number of fused-ring (bicyclic) bond motifs is 1. The van der Waals surface area contributed by atoms with Crippen LogP contribution in [0.1, 0.15) is 18.5 Å². The molecule has 1 aliphatic heterocycles. The van der Waals surface area contributed by atoms with Gasteiger partial charge in [-0.2, -0.15) is 5.10 Å². The van der Waals surface area contributed by atoms with Crippen molar-refractivity contribution in [1.29, 1.82) is 0 Å². The van der Waals surface area contributed by atoms with Gasteiger partial charge in [0.15, 0.2) is 0 Å². The van der Waals surface area contributed by atoms with Crippen molar-refractivity contribution in [3.05, 3.63) is 71.3 Å². The van der Waals surface area contributed by atoms with Gasteiger partial charge >= 0.3 is 0 Å². The summed E-state index contributed by atoms with van der Waals surface area (Å²) in [5, 5.41) is 6.12. The number of hydrogen-bond acceptors (Lipinski definition) is 2. The summed E-state index contributed by atoms with van der Waals surface area (Å²) in [5.74, 6) is -0.345. The number of aliphatic imine (C=N–C) groups is 1. The van der Waals surface area contributed by atoms with Gasteiger partial charge < -0.3 is 4.98 Å². The van der Waals surface area contributed by atoms with Crippen LogP contribution in [0, 0.1) is 5.82 Å². The van der Waals surface area contributed by atoms with E-state index in [9.17, 15) is 4.39 Å². The van der Waals surface area contributed by atoms with Crippen LogP contribution in [0.25, 0.3) is 39.0 Å². The molecule has 2 aromatic carbocycles. The van der Waals surface area contributed by atoms with Crippen LogP contribution in [0.4, 0.5) is 4.39 Å². The van der Waals surface area contributed by atoms with Gasteiger partial charge in [0.25, 0.3) is 0 Å². The number of nitrogens with one attached hydrogen (secondary N) is 1. The highest BCUT2D eigenvalue weighted by Gasteiger charge is 2.14. The predicted molar refractivity (Wildman–Crippen MR) is 117 cm³/mol. The van der Waals surface area contributed by atoms with Crippen molar-refractivity contribution in [3.63, 3.8) is 0 Å². The first kappa shape index (κ1) is 17.9. The fourth-order valence-electron chi connectivity index (χ4n) is 3.74. The van der Waals surface area contributed by atoms with Gasteiger partial charge in [-0.1, -0.05) is 17.7 Å². The molecule has 5 rings (SSSR count). The predicted octanol–water partition coefficient (Wildman–Crippen LogP) is 6.23. The van der Waals surface area contributed by atoms with E-state index in [1.54, 1.807) is 6.07 Å². The molecule has 1 N–H and O–H groups in total. The average Bonchev–Trinajstić information content (AvgIpc) is 3.31. The number of aromatic amines is 1. The normalized spacial score (nSPS) is 13.8. The van der Waals surface area contributed by atoms with Crippen molar-refractivity contribution in [2.45, 2.75) is 12.8 Å². The van der Waals surface area contributed by atoms with Gasteiger partial charge in [-0.05, 0) is 60.9 Å². The van der Waals surface area contributed by atoms with E-state index in [1.165, 1.54) is 12.1 Å². The minimum absolute atomic E-state index is 0.345. The molecular formula is C23H18ClFN4. The smallest absolute Gasteiger partial charge is 0.124 e. The first-order valence-electron chi connectivity index (χ1n) is 9.42. The summed E-state index contributed by atoms with van der Waals surface area (Å²) in [7, 11) is 1.95. The van der Waals surface area contributed by atoms with E-state index in [0.29, 0.717) is 5.02 Å². The molecule has 1 aliphatic rings. The van der Waals surface area contributed by atoms with Crippen molar-refractivity contribution in [2.24, 2.45) is 12.0 Å². The molecule has 4 nitrogen and oxygen atoms in total. The number of nitrogens with zero attached hydrogens (tertiary/aromatic N) is 3. The Hall–Kier alpha value is -3.18. The Bertz CT molecular complexity index is 1300. The molecule has 0 spiro atoms. The Morgan fingerprint density at radius 2 is 2.00 bits per heavy atom. The lowest BCUT2D eigenvalue weighted by molar-refractivity contribution is 0.628. The minimum Gasteiger partial charge on any atom is -0.354 e. The van der Waals surface area contributed by atoms with Gasteiger partial charge in [-0.3, -0.25) is 9.67 Å². The molecule has 29 heavy (non-hydrogen) atoms. The SMILES string of the molecule is Cn1nc(C2=CN=CCC2)cc1-c1ccc2[nH]c(-c3ccc(F)cc3Cl)cc2c1. The highest BCUT2D eigenvalue weighted by Crippen LogP contribution is 2.33. The molecule has 0 aliphatic carbocycles. The molecule has 144 valence electrons. The molecule has 0 radical (unpaired) electrons. The molecule has 0 saturated heterocycles. The van der Waals surface area contributed by atoms with E-state index in [2.05, 4.69) is 33.3 Å². The van der Waals surface area contributed by atoms with Gasteiger partial charge in [0.05, 0.1) is 16.4 Å². The van der Waals surface area contributed by atoms with Crippen LogP contribution in [-0.2, 0) is 7.05 Å². The molecular weight excluding hydrogens is 387 g/mol. The Labute approximate surface area is 172 Å². The maximum atomic E-state index is 13.4. The van der Waals surface area contributed by atoms with Crippen molar-refractivity contribution in [1.82, 2.24) is 14.8 Å². The Morgan fingerprint density at radius 3 is 2.79 bits per heavy atom. The maximum Gasteiger partial charge on any atom is 0.124 e. The summed E-state index contributed by atoms with van der Waals surface area (Å²) in [4.78, 5) is 7.62. The summed E-state index contributed by atoms with van der Waals surface area (Å²) in [6, 6.07) is 14.8. The standard InChI is InChI=1S/C23H18ClFN4/c1-29-23(12-21(28-29)15-3-2-8-26-13-15)14-4-7-20-16(9-14)10-22(27-20)18-6-5-17(25)11-19(18)24/h4-13,27H,2-3H2,1H3. The largest absolute Gasteiger partial charge is 0.354 e. The molecule has 0 saturated carbocycles. The highest BCUT2D eigenvalue weighted by molar-refractivity contribution is 6.33. The molecule has 4 aromatic rings. The Kier molecular flexibility index (Phi) is 4.32. The lowest BCUT2D eigenvalue weighted by Gasteiger charge is -2.03. The van der Waals surface area contributed by atoms with Gasteiger partial charge in [0.1, 0.15) is 5.82 Å². The van der Waals surface area contributed by atoms with E-state index in [1.807, 2.05) is 36.3 Å². The lowest BCUT2D eigenvalue weighted by Crippen LogP contribution is -1.95. The number of aryl methyl sites for hydroxylation is 1. The van der Waals surface area contributed by atoms with Crippen LogP contribution in [0.3, 0.4) is 0 Å². The Morgan fingerprint density at radius 1 is 1.10 bits per heavy atom. The van der Waals surface area contributed by atoms with Crippen LogP contribution in [-0.4, -0.2) is 21.0 Å². The summed E-state index contributed by atoms with van der Waals surface area (Å²) >= 11 is 6.23. The van der Waals surface area contributed by atoms with Crippen molar-refractivity contribution in [3.8, 4) is 22.5 Å². The third kappa shape index (κ3) is 3.28. The third-order valence-electron chi connectivity index (χ3n) is 5.23. The van der Waals surface area contributed by atoms with E-state index in [4.69, 9.17) is 11.6 Å². The number of benzene rings is 2. The number of hydrogen-bond donors (Lipinski definition) is 1. The zero-order valence-electron chi connectivity index (χ0n) is 15.8. The Balaban J connectivity index is 1.55. The van der Waals surface area contributed by atoms with E-state index < -0.39 is 0 Å². The van der Waals surface area contributed by atoms with Crippen LogP contribution in [0.5, 0.6) is 0 Å². The summed E-state index contributed by atoms with van der Waals surface area (Å²) in [6.45, 7) is 0. The molecule has 2 aromatic heterocycles. The number of aromatic nitrogens is 3. The van der Waals surface area contributed by atoms with Crippen LogP contribution in [0.15, 0.2) is 59.7 Å². The zero-order valence-corrected chi connectivity index (χ0v) is 16.5. The van der Waals surface area contributed by atoms with Crippen LogP contribution < -0.4 is 0 Å². The molecule has 0 atom stereocenters. The average molecular weight is 405 g/mol. The van der Waals surface area contributed by atoms with Gasteiger partial charge in [-0.25, -0.2) is 4.39 Å². The highest BCUT2D eigenvalue weighted by atomic mass is 35.5. The maximum absolute atomic E-state index is 13.4. The van der Waals surface area contributed by atoms with Crippen molar-refractivity contribution >= 4 is 34.3 Å². The first-order valence-corrected chi connectivity index (χ1v) is 9.80. The monoisotopic (exact) mass is 404 g/mol. The summed E-state index contributed by atoms with van der Waals surface area (Å²) < 4.78 is 15.3. The second-order valence-electron chi connectivity index (χ2n) is 7.17. The minimum atomic E-state index is -0.345. The number of allylic oxidation sites excluding steroid dienone is 1. The molecule has 0 amide bonds. The van der Waals surface area contributed by atoms with E-state index in [0.717, 1.165) is 57.5 Å². The molecule has 6 heteroatoms. The van der Waals surface area contributed by atoms with Crippen molar-refractivity contribution < 1.29 is 4.39 Å². The molecule has 0 bridgehead atoms. The molecule has 3 heterocycles. The van der Waals surface area contributed by atoms with Crippen LogP contribution in [0.2, 0.25) is 5.02 Å². The molecule has 0 unspecified atom stereocenters. The second-order valence-corrected chi connectivity index (χ2v) is 7.58. The van der Waals surface area contributed by atoms with Gasteiger partial charge in [0, 0.05) is 47.2 Å². The van der Waals surface area contributed by atoms with Crippen molar-refractivity contribution in [2.75, 3.05) is 0 Å². The fraction of sp³-hybridized carbons (Fsp3) is 0.130. The lowest BCUT2D eigenvalue weighted by atomic mass is 10.0. The topological polar surface area (TPSA) is 46.0 Å². The number of halogens is 2. The van der Waals surface area contributed by atoms with E-state index >= 15 is 0 Å². The number of H-pyrrole nitrogens is 1. The quantitative estimate of drug-likeness (QED) is 0.432. The summed E-state index contributed by atoms with van der Waals surface area (Å²) in [5.41, 5.74) is 6.87. The zero-order chi connectivity index (χ0) is 20.0. The molecule has 0 fully saturated rings. The third-order valence-corrected chi connectivity index (χ3v) is 5.54. The first-order chi connectivity index (χ1) is 14.1. The second kappa shape index (κ2) is 7.01. The summed E-state index contributed by atoms with van der Waals surface area (Å²) in [6.07, 6.45) is 5.72.